The average Bonchev–Trinajstić information content (AvgIpc) is 2.69. The third-order valence-electron chi connectivity index (χ3n) is 3.21. The van der Waals surface area contributed by atoms with Crippen molar-refractivity contribution >= 4 is 5.69 Å². The van der Waals surface area contributed by atoms with Crippen LogP contribution in [0.2, 0.25) is 0 Å². The molecule has 2 rings (SSSR count). The molecule has 0 amide bonds. The summed E-state index contributed by atoms with van der Waals surface area (Å²) in [5.41, 5.74) is 7.67. The van der Waals surface area contributed by atoms with Gasteiger partial charge in [-0.05, 0) is 18.6 Å². The van der Waals surface area contributed by atoms with E-state index in [1.807, 2.05) is 24.0 Å². The molecule has 1 saturated heterocycles. The van der Waals surface area contributed by atoms with Crippen molar-refractivity contribution in [2.45, 2.75) is 31.6 Å². The van der Waals surface area contributed by atoms with E-state index in [1.54, 1.807) is 6.20 Å². The summed E-state index contributed by atoms with van der Waals surface area (Å²) in [6.45, 7) is 2.91. The summed E-state index contributed by atoms with van der Waals surface area (Å²) in [4.78, 5) is 6.23. The molecule has 0 aromatic carbocycles. The van der Waals surface area contributed by atoms with E-state index in [9.17, 15) is 10.2 Å². The Balaban J connectivity index is 2.08. The normalized spacial score (nSPS) is 26.2. The Kier molecular flexibility index (Phi) is 3.61. The van der Waals surface area contributed by atoms with Gasteiger partial charge in [-0.1, -0.05) is 6.92 Å². The number of nitrogens with zero attached hydrogens (tertiary/aromatic N) is 2. The summed E-state index contributed by atoms with van der Waals surface area (Å²) >= 11 is 0. The second-order valence-corrected chi connectivity index (χ2v) is 4.50. The molecule has 5 nitrogen and oxygen atoms in total. The monoisotopic (exact) mass is 237 g/mol. The van der Waals surface area contributed by atoms with Crippen LogP contribution in [0.25, 0.3) is 0 Å². The minimum absolute atomic E-state index is 0.0289. The summed E-state index contributed by atoms with van der Waals surface area (Å²) < 4.78 is 0. The maximum absolute atomic E-state index is 9.48. The Morgan fingerprint density at radius 1 is 1.41 bits per heavy atom. The van der Waals surface area contributed by atoms with Crippen molar-refractivity contribution in [2.24, 2.45) is 5.73 Å². The van der Waals surface area contributed by atoms with Crippen LogP contribution in [0.3, 0.4) is 0 Å². The van der Waals surface area contributed by atoms with Crippen molar-refractivity contribution in [2.75, 3.05) is 18.0 Å². The molecule has 3 atom stereocenters. The molecule has 2 heterocycles. The summed E-state index contributed by atoms with van der Waals surface area (Å²) in [6.07, 6.45) is 1.25. The van der Waals surface area contributed by atoms with Gasteiger partial charge in [0.25, 0.3) is 0 Å². The highest BCUT2D eigenvalue weighted by Crippen LogP contribution is 2.21. The van der Waals surface area contributed by atoms with Gasteiger partial charge in [0.2, 0.25) is 0 Å². The predicted molar refractivity (Wildman–Crippen MR) is 65.7 cm³/mol. The van der Waals surface area contributed by atoms with Gasteiger partial charge in [-0.25, -0.2) is 0 Å². The fourth-order valence-electron chi connectivity index (χ4n) is 1.99. The SMILES string of the molecule is CC[C@@H](N)c1ccc(N2CC(O)C(O)C2)cn1. The van der Waals surface area contributed by atoms with E-state index in [-0.39, 0.29) is 6.04 Å². The first-order valence-corrected chi connectivity index (χ1v) is 5.94. The van der Waals surface area contributed by atoms with Gasteiger partial charge in [-0.3, -0.25) is 4.98 Å². The number of aliphatic hydroxyl groups excluding tert-OH is 2. The molecule has 4 N–H and O–H groups in total. The molecule has 0 bridgehead atoms. The number of hydrogen-bond donors (Lipinski definition) is 3. The molecule has 0 radical (unpaired) electrons. The fraction of sp³-hybridized carbons (Fsp3) is 0.583. The van der Waals surface area contributed by atoms with Gasteiger partial charge in [0.05, 0.1) is 29.8 Å². The highest BCUT2D eigenvalue weighted by atomic mass is 16.3. The first-order chi connectivity index (χ1) is 8.11. The zero-order chi connectivity index (χ0) is 12.4. The first-order valence-electron chi connectivity index (χ1n) is 5.94. The molecule has 1 aliphatic rings. The molecule has 1 aromatic rings. The van der Waals surface area contributed by atoms with Gasteiger partial charge in [0.15, 0.2) is 0 Å². The van der Waals surface area contributed by atoms with E-state index >= 15 is 0 Å². The molecule has 0 saturated carbocycles. The first kappa shape index (κ1) is 12.3. The molecule has 17 heavy (non-hydrogen) atoms. The van der Waals surface area contributed by atoms with Crippen molar-refractivity contribution < 1.29 is 10.2 Å². The summed E-state index contributed by atoms with van der Waals surface area (Å²) in [5, 5.41) is 19.0. The summed E-state index contributed by atoms with van der Waals surface area (Å²) in [5.74, 6) is 0. The fourth-order valence-corrected chi connectivity index (χ4v) is 1.99. The molecular formula is C12H19N3O2. The van der Waals surface area contributed by atoms with Gasteiger partial charge in [-0.2, -0.15) is 0 Å². The quantitative estimate of drug-likeness (QED) is 0.691. The third kappa shape index (κ3) is 2.57. The molecule has 0 aliphatic carbocycles. The highest BCUT2D eigenvalue weighted by molar-refractivity contribution is 5.46. The number of anilines is 1. The van der Waals surface area contributed by atoms with Crippen LogP contribution in [0.1, 0.15) is 25.1 Å². The van der Waals surface area contributed by atoms with Crippen molar-refractivity contribution in [3.8, 4) is 0 Å². The van der Waals surface area contributed by atoms with Crippen molar-refractivity contribution in [1.29, 1.82) is 0 Å². The van der Waals surface area contributed by atoms with Crippen LogP contribution in [-0.2, 0) is 0 Å². The number of aromatic nitrogens is 1. The van der Waals surface area contributed by atoms with E-state index < -0.39 is 12.2 Å². The lowest BCUT2D eigenvalue weighted by molar-refractivity contribution is 0.0572. The van der Waals surface area contributed by atoms with Crippen LogP contribution >= 0.6 is 0 Å². The summed E-state index contributed by atoms with van der Waals surface area (Å²) in [7, 11) is 0. The van der Waals surface area contributed by atoms with Crippen LogP contribution < -0.4 is 10.6 Å². The highest BCUT2D eigenvalue weighted by Gasteiger charge is 2.29. The Morgan fingerprint density at radius 2 is 2.06 bits per heavy atom. The van der Waals surface area contributed by atoms with Crippen molar-refractivity contribution in [3.05, 3.63) is 24.0 Å². The lowest BCUT2D eigenvalue weighted by Crippen LogP contribution is -2.22. The number of β-amino-alcohol motifs (C(OH)–C–C–N with tert-alkyl or cyclic N) is 2. The maximum Gasteiger partial charge on any atom is 0.0990 e. The molecule has 94 valence electrons. The molecule has 0 spiro atoms. The molecule has 5 heteroatoms. The smallest absolute Gasteiger partial charge is 0.0990 e. The largest absolute Gasteiger partial charge is 0.389 e. The topological polar surface area (TPSA) is 82.6 Å². The number of nitrogens with two attached hydrogens (primary N) is 1. The maximum atomic E-state index is 9.48. The zero-order valence-corrected chi connectivity index (χ0v) is 9.95. The van der Waals surface area contributed by atoms with Gasteiger partial charge >= 0.3 is 0 Å². The van der Waals surface area contributed by atoms with E-state index in [4.69, 9.17) is 5.73 Å². The zero-order valence-electron chi connectivity index (χ0n) is 9.95. The third-order valence-corrected chi connectivity index (χ3v) is 3.21. The number of rotatable bonds is 3. The van der Waals surface area contributed by atoms with Crippen LogP contribution in [-0.4, -0.2) is 40.5 Å². The predicted octanol–water partition coefficient (Wildman–Crippen LogP) is 0.0332. The van der Waals surface area contributed by atoms with Gasteiger partial charge in [-0.15, -0.1) is 0 Å². The second kappa shape index (κ2) is 5.00. The van der Waals surface area contributed by atoms with Crippen molar-refractivity contribution in [3.63, 3.8) is 0 Å². The lowest BCUT2D eigenvalue weighted by atomic mass is 10.1. The Labute approximate surface area is 101 Å². The minimum Gasteiger partial charge on any atom is -0.389 e. The number of hydrogen-bond acceptors (Lipinski definition) is 5. The van der Waals surface area contributed by atoms with Crippen molar-refractivity contribution in [1.82, 2.24) is 4.98 Å². The summed E-state index contributed by atoms with van der Waals surface area (Å²) in [6, 6.07) is 3.81. The Bertz CT molecular complexity index is 359. The van der Waals surface area contributed by atoms with E-state index in [0.29, 0.717) is 13.1 Å². The average molecular weight is 237 g/mol. The molecule has 1 aromatic heterocycles. The number of aliphatic hydroxyl groups is 2. The van der Waals surface area contributed by atoms with Gasteiger partial charge in [0.1, 0.15) is 0 Å². The van der Waals surface area contributed by atoms with E-state index in [0.717, 1.165) is 17.8 Å². The van der Waals surface area contributed by atoms with Gasteiger partial charge in [0, 0.05) is 19.1 Å². The van der Waals surface area contributed by atoms with E-state index in [2.05, 4.69) is 4.98 Å². The molecule has 1 aliphatic heterocycles. The lowest BCUT2D eigenvalue weighted by Gasteiger charge is -2.18. The second-order valence-electron chi connectivity index (χ2n) is 4.50. The molecule has 1 fully saturated rings. The number of pyridine rings is 1. The molecular weight excluding hydrogens is 218 g/mol. The van der Waals surface area contributed by atoms with Crippen LogP contribution in [0.5, 0.6) is 0 Å². The van der Waals surface area contributed by atoms with Crippen LogP contribution in [0, 0.1) is 0 Å². The standard InChI is InChI=1S/C12H19N3O2/c1-2-9(13)10-4-3-8(5-14-10)15-6-11(16)12(17)7-15/h3-5,9,11-12,16-17H,2,6-7,13H2,1H3/t9-,11?,12?/m1/s1. The van der Waals surface area contributed by atoms with Gasteiger partial charge < -0.3 is 20.8 Å². The Morgan fingerprint density at radius 3 is 2.53 bits per heavy atom. The molecule has 2 unspecified atom stereocenters. The van der Waals surface area contributed by atoms with Crippen LogP contribution in [0.15, 0.2) is 18.3 Å². The Hall–Kier alpha value is -1.17. The van der Waals surface area contributed by atoms with Crippen LogP contribution in [0.4, 0.5) is 5.69 Å². The van der Waals surface area contributed by atoms with E-state index in [1.165, 1.54) is 0 Å². The minimum atomic E-state index is -0.674.